The van der Waals surface area contributed by atoms with Crippen LogP contribution in [0.3, 0.4) is 0 Å². The predicted molar refractivity (Wildman–Crippen MR) is 64.2 cm³/mol. The van der Waals surface area contributed by atoms with Gasteiger partial charge in [-0.2, -0.15) is 0 Å². The smallest absolute Gasteiger partial charge is 0.119 e. The number of benzene rings is 1. The second-order valence-electron chi connectivity index (χ2n) is 3.35. The first-order valence-electron chi connectivity index (χ1n) is 5.33. The van der Waals surface area contributed by atoms with Crippen LogP contribution >= 0.6 is 0 Å². The van der Waals surface area contributed by atoms with Crippen LogP contribution in [-0.2, 0) is 6.54 Å². The van der Waals surface area contributed by atoms with E-state index in [9.17, 15) is 0 Å². The van der Waals surface area contributed by atoms with Gasteiger partial charge in [-0.3, -0.25) is 0 Å². The van der Waals surface area contributed by atoms with Crippen molar-refractivity contribution in [2.75, 3.05) is 19.8 Å². The minimum Gasteiger partial charge on any atom is -0.493 e. The van der Waals surface area contributed by atoms with E-state index in [4.69, 9.17) is 16.3 Å². The number of hydrogen-bond acceptors (Lipinski definition) is 3. The van der Waals surface area contributed by atoms with Crippen LogP contribution in [-0.4, -0.2) is 24.9 Å². The lowest BCUT2D eigenvalue weighted by Gasteiger charge is -2.06. The summed E-state index contributed by atoms with van der Waals surface area (Å²) >= 11 is 0. The Morgan fingerprint density at radius 2 is 2.06 bits per heavy atom. The lowest BCUT2D eigenvalue weighted by atomic mass is 10.2. The summed E-state index contributed by atoms with van der Waals surface area (Å²) < 4.78 is 5.42. The van der Waals surface area contributed by atoms with Gasteiger partial charge in [0.2, 0.25) is 0 Å². The van der Waals surface area contributed by atoms with Gasteiger partial charge in [-0.25, -0.2) is 0 Å². The number of ether oxygens (including phenoxy) is 1. The molecule has 3 nitrogen and oxygen atoms in total. The second-order valence-corrected chi connectivity index (χ2v) is 3.35. The van der Waals surface area contributed by atoms with E-state index in [1.165, 1.54) is 0 Å². The summed E-state index contributed by atoms with van der Waals surface area (Å²) in [5, 5.41) is 11.7. The van der Waals surface area contributed by atoms with E-state index in [0.29, 0.717) is 19.6 Å². The standard InChI is InChI=1S/C13H17NO2/c1-2-3-10-16-13-6-4-12(5-7-13)11-14-8-9-15/h1,4-7,14-15H,3,8-11H2. The predicted octanol–water partition coefficient (Wildman–Crippen LogP) is 1.17. The summed E-state index contributed by atoms with van der Waals surface area (Å²) in [5.41, 5.74) is 1.16. The fraction of sp³-hybridized carbons (Fsp3) is 0.385. The molecule has 3 heteroatoms. The number of terminal acetylenes is 1. The Morgan fingerprint density at radius 1 is 1.31 bits per heavy atom. The highest BCUT2D eigenvalue weighted by atomic mass is 16.5. The number of hydrogen-bond donors (Lipinski definition) is 2. The molecular weight excluding hydrogens is 202 g/mol. The largest absolute Gasteiger partial charge is 0.493 e. The van der Waals surface area contributed by atoms with Gasteiger partial charge in [0.15, 0.2) is 0 Å². The Balaban J connectivity index is 2.33. The van der Waals surface area contributed by atoms with E-state index >= 15 is 0 Å². The van der Waals surface area contributed by atoms with Crippen molar-refractivity contribution in [1.29, 1.82) is 0 Å². The average molecular weight is 219 g/mol. The summed E-state index contributed by atoms with van der Waals surface area (Å²) in [6, 6.07) is 7.84. The normalized spacial score (nSPS) is 9.75. The average Bonchev–Trinajstić information content (AvgIpc) is 2.32. The molecule has 1 aromatic carbocycles. The molecule has 16 heavy (non-hydrogen) atoms. The van der Waals surface area contributed by atoms with E-state index < -0.39 is 0 Å². The maximum atomic E-state index is 8.61. The first-order valence-corrected chi connectivity index (χ1v) is 5.33. The lowest BCUT2D eigenvalue weighted by Crippen LogP contribution is -2.17. The molecule has 0 aliphatic carbocycles. The summed E-state index contributed by atoms with van der Waals surface area (Å²) in [4.78, 5) is 0. The molecule has 0 unspecified atom stereocenters. The van der Waals surface area contributed by atoms with E-state index in [1.54, 1.807) is 0 Å². The van der Waals surface area contributed by atoms with Crippen molar-refractivity contribution >= 4 is 0 Å². The van der Waals surface area contributed by atoms with Gasteiger partial charge >= 0.3 is 0 Å². The van der Waals surface area contributed by atoms with Crippen molar-refractivity contribution in [1.82, 2.24) is 5.32 Å². The molecule has 1 aromatic rings. The van der Waals surface area contributed by atoms with Crippen molar-refractivity contribution in [3.05, 3.63) is 29.8 Å². The Morgan fingerprint density at radius 3 is 2.69 bits per heavy atom. The third-order valence-electron chi connectivity index (χ3n) is 2.06. The number of aliphatic hydroxyl groups is 1. The first-order chi connectivity index (χ1) is 7.86. The van der Waals surface area contributed by atoms with Gasteiger partial charge in [0, 0.05) is 19.5 Å². The highest BCUT2D eigenvalue weighted by molar-refractivity contribution is 5.27. The minimum atomic E-state index is 0.160. The van der Waals surface area contributed by atoms with Crippen LogP contribution in [0.15, 0.2) is 24.3 Å². The maximum Gasteiger partial charge on any atom is 0.119 e. The van der Waals surface area contributed by atoms with Gasteiger partial charge in [-0.05, 0) is 17.7 Å². The van der Waals surface area contributed by atoms with Crippen molar-refractivity contribution < 1.29 is 9.84 Å². The summed E-state index contributed by atoms with van der Waals surface area (Å²) in [5.74, 6) is 3.36. The summed E-state index contributed by atoms with van der Waals surface area (Å²) in [6.45, 7) is 2.08. The van der Waals surface area contributed by atoms with Gasteiger partial charge in [0.05, 0.1) is 13.2 Å². The highest BCUT2D eigenvalue weighted by Gasteiger charge is 1.95. The monoisotopic (exact) mass is 219 g/mol. The summed E-state index contributed by atoms with van der Waals surface area (Å²) in [7, 11) is 0. The minimum absolute atomic E-state index is 0.160. The van der Waals surface area contributed by atoms with E-state index in [1.807, 2.05) is 24.3 Å². The Labute approximate surface area is 96.4 Å². The molecule has 0 heterocycles. The summed E-state index contributed by atoms with van der Waals surface area (Å²) in [6.07, 6.45) is 5.75. The molecule has 0 amide bonds. The van der Waals surface area contributed by atoms with Crippen LogP contribution in [0.1, 0.15) is 12.0 Å². The Kier molecular flexibility index (Phi) is 6.09. The Hall–Kier alpha value is -1.50. The van der Waals surface area contributed by atoms with Crippen molar-refractivity contribution in [2.45, 2.75) is 13.0 Å². The van der Waals surface area contributed by atoms with E-state index in [-0.39, 0.29) is 6.61 Å². The third kappa shape index (κ3) is 4.83. The zero-order valence-electron chi connectivity index (χ0n) is 9.28. The zero-order valence-corrected chi connectivity index (χ0v) is 9.28. The second kappa shape index (κ2) is 7.75. The quantitative estimate of drug-likeness (QED) is 0.534. The van der Waals surface area contributed by atoms with Crippen molar-refractivity contribution in [3.63, 3.8) is 0 Å². The number of nitrogens with one attached hydrogen (secondary N) is 1. The molecule has 0 aromatic heterocycles. The van der Waals surface area contributed by atoms with Gasteiger partial charge in [0.1, 0.15) is 5.75 Å². The first kappa shape index (κ1) is 12.6. The fourth-order valence-corrected chi connectivity index (χ4v) is 1.24. The molecule has 0 spiro atoms. The molecule has 86 valence electrons. The molecule has 0 fully saturated rings. The molecule has 0 saturated heterocycles. The zero-order chi connectivity index (χ0) is 11.6. The van der Waals surface area contributed by atoms with Crippen LogP contribution in [0.5, 0.6) is 5.75 Å². The Bertz CT molecular complexity index is 327. The molecule has 0 aliphatic heterocycles. The van der Waals surface area contributed by atoms with Gasteiger partial charge < -0.3 is 15.2 Å². The van der Waals surface area contributed by atoms with Gasteiger partial charge in [-0.15, -0.1) is 12.3 Å². The molecular formula is C13H17NO2. The van der Waals surface area contributed by atoms with Crippen LogP contribution in [0.2, 0.25) is 0 Å². The van der Waals surface area contributed by atoms with Crippen LogP contribution in [0.25, 0.3) is 0 Å². The number of aliphatic hydroxyl groups excluding tert-OH is 1. The molecule has 0 aliphatic rings. The molecule has 0 bridgehead atoms. The highest BCUT2D eigenvalue weighted by Crippen LogP contribution is 2.12. The molecule has 1 rings (SSSR count). The lowest BCUT2D eigenvalue weighted by molar-refractivity contribution is 0.292. The van der Waals surface area contributed by atoms with Crippen LogP contribution in [0.4, 0.5) is 0 Å². The van der Waals surface area contributed by atoms with Gasteiger partial charge in [0.25, 0.3) is 0 Å². The fourth-order valence-electron chi connectivity index (χ4n) is 1.24. The third-order valence-corrected chi connectivity index (χ3v) is 2.06. The van der Waals surface area contributed by atoms with Gasteiger partial charge in [-0.1, -0.05) is 12.1 Å². The van der Waals surface area contributed by atoms with E-state index in [0.717, 1.165) is 17.9 Å². The SMILES string of the molecule is C#CCCOc1ccc(CNCCO)cc1. The molecule has 0 radical (unpaired) electrons. The van der Waals surface area contributed by atoms with Crippen LogP contribution in [0, 0.1) is 12.3 Å². The van der Waals surface area contributed by atoms with Crippen molar-refractivity contribution in [3.8, 4) is 18.1 Å². The van der Waals surface area contributed by atoms with Crippen molar-refractivity contribution in [2.24, 2.45) is 0 Å². The van der Waals surface area contributed by atoms with E-state index in [2.05, 4.69) is 11.2 Å². The van der Waals surface area contributed by atoms with Crippen LogP contribution < -0.4 is 10.1 Å². The molecule has 0 atom stereocenters. The number of rotatable bonds is 7. The topological polar surface area (TPSA) is 41.5 Å². The molecule has 0 saturated carbocycles. The maximum absolute atomic E-state index is 8.61. The molecule has 2 N–H and O–H groups in total.